The number of amides is 2. The number of halogens is 2. The molecule has 192 valence electrons. The Morgan fingerprint density at radius 2 is 1.92 bits per heavy atom. The second-order valence-electron chi connectivity index (χ2n) is 9.16. The van der Waals surface area contributed by atoms with Gasteiger partial charge in [0.2, 0.25) is 5.91 Å². The van der Waals surface area contributed by atoms with Crippen molar-refractivity contribution in [1.29, 1.82) is 0 Å². The Labute approximate surface area is 231 Å². The second kappa shape index (κ2) is 11.4. The standard InChI is InChI=1S/C27H30BrN3O3S.ClH/c1-16(29-4)25(32)30-24-26(33)31(21-8-6-7-9-23(21)35-27(24,2)3)15-20-19-12-11-18(28)14-17(19)10-13-22(20)34-5;/h6-14,16,24,29H,15H2,1-5H3,(H,30,32);1H. The quantitative estimate of drug-likeness (QED) is 0.393. The van der Waals surface area contributed by atoms with Crippen LogP contribution >= 0.6 is 40.1 Å². The minimum atomic E-state index is -0.724. The number of carbonyl (C=O) groups is 2. The lowest BCUT2D eigenvalue weighted by Gasteiger charge is -2.34. The normalized spacial score (nSPS) is 17.6. The smallest absolute Gasteiger partial charge is 0.251 e. The van der Waals surface area contributed by atoms with Gasteiger partial charge in [-0.25, -0.2) is 0 Å². The molecule has 4 rings (SSSR count). The molecular formula is C27H31BrClN3O3S. The minimum absolute atomic E-state index is 0. The molecule has 36 heavy (non-hydrogen) atoms. The molecule has 0 spiro atoms. The number of likely N-dealkylation sites (N-methyl/N-ethyl adjacent to an activating group) is 1. The molecule has 2 amide bonds. The molecule has 0 fully saturated rings. The van der Waals surface area contributed by atoms with Gasteiger partial charge in [-0.3, -0.25) is 9.59 Å². The SMILES string of the molecule is CNC(C)C(=O)NC1C(=O)N(Cc2c(OC)ccc3cc(Br)ccc23)c2ccccc2SC1(C)C.Cl. The maximum atomic E-state index is 14.2. The van der Waals surface area contributed by atoms with Gasteiger partial charge >= 0.3 is 0 Å². The number of anilines is 1. The summed E-state index contributed by atoms with van der Waals surface area (Å²) in [5, 5.41) is 8.04. The van der Waals surface area contributed by atoms with E-state index in [0.717, 1.165) is 31.4 Å². The Balaban J connectivity index is 0.00000361. The minimum Gasteiger partial charge on any atom is -0.496 e. The van der Waals surface area contributed by atoms with Crippen molar-refractivity contribution in [3.05, 3.63) is 64.6 Å². The fraction of sp³-hybridized carbons (Fsp3) is 0.333. The first-order valence-corrected chi connectivity index (χ1v) is 13.1. The van der Waals surface area contributed by atoms with E-state index < -0.39 is 16.8 Å². The number of hydrogen-bond donors (Lipinski definition) is 2. The Hall–Kier alpha value is -2.26. The molecule has 0 aromatic heterocycles. The van der Waals surface area contributed by atoms with E-state index in [4.69, 9.17) is 4.74 Å². The van der Waals surface area contributed by atoms with Gasteiger partial charge in [0, 0.05) is 19.7 Å². The van der Waals surface area contributed by atoms with Crippen LogP contribution in [-0.4, -0.2) is 42.8 Å². The van der Waals surface area contributed by atoms with Gasteiger partial charge in [-0.1, -0.05) is 40.2 Å². The van der Waals surface area contributed by atoms with Gasteiger partial charge in [-0.05, 0) is 68.9 Å². The lowest BCUT2D eigenvalue weighted by atomic mass is 9.99. The zero-order valence-electron chi connectivity index (χ0n) is 20.9. The molecule has 0 saturated carbocycles. The first-order valence-electron chi connectivity index (χ1n) is 11.5. The predicted molar refractivity (Wildman–Crippen MR) is 153 cm³/mol. The highest BCUT2D eigenvalue weighted by molar-refractivity contribution is 9.10. The molecule has 1 aliphatic heterocycles. The summed E-state index contributed by atoms with van der Waals surface area (Å²) in [6.07, 6.45) is 0. The van der Waals surface area contributed by atoms with Crippen LogP contribution < -0.4 is 20.3 Å². The van der Waals surface area contributed by atoms with Gasteiger partial charge in [0.05, 0.1) is 25.4 Å². The maximum Gasteiger partial charge on any atom is 0.251 e. The topological polar surface area (TPSA) is 70.7 Å². The predicted octanol–water partition coefficient (Wildman–Crippen LogP) is 5.54. The molecule has 2 unspecified atom stereocenters. The number of para-hydroxylation sites is 1. The van der Waals surface area contributed by atoms with E-state index in [-0.39, 0.29) is 24.2 Å². The Morgan fingerprint density at radius 1 is 1.19 bits per heavy atom. The first-order chi connectivity index (χ1) is 16.7. The van der Waals surface area contributed by atoms with E-state index >= 15 is 0 Å². The highest BCUT2D eigenvalue weighted by Crippen LogP contribution is 2.45. The van der Waals surface area contributed by atoms with E-state index in [1.807, 2.05) is 62.4 Å². The number of fused-ring (bicyclic) bond motifs is 2. The van der Waals surface area contributed by atoms with Gasteiger partial charge < -0.3 is 20.3 Å². The molecule has 2 atom stereocenters. The number of nitrogens with one attached hydrogen (secondary N) is 2. The summed E-state index contributed by atoms with van der Waals surface area (Å²) in [5.41, 5.74) is 1.74. The van der Waals surface area contributed by atoms with Crippen molar-refractivity contribution in [2.24, 2.45) is 0 Å². The van der Waals surface area contributed by atoms with Crippen molar-refractivity contribution >= 4 is 68.4 Å². The number of hydrogen-bond acceptors (Lipinski definition) is 5. The summed E-state index contributed by atoms with van der Waals surface area (Å²) in [6.45, 7) is 6.09. The van der Waals surface area contributed by atoms with Crippen molar-refractivity contribution in [3.63, 3.8) is 0 Å². The van der Waals surface area contributed by atoms with Crippen LogP contribution in [0.25, 0.3) is 10.8 Å². The van der Waals surface area contributed by atoms with Crippen molar-refractivity contribution in [1.82, 2.24) is 10.6 Å². The molecule has 3 aromatic rings. The molecule has 0 saturated heterocycles. The number of rotatable bonds is 6. The number of ether oxygens (including phenoxy) is 1. The van der Waals surface area contributed by atoms with Crippen molar-refractivity contribution in [2.75, 3.05) is 19.1 Å². The second-order valence-corrected chi connectivity index (χ2v) is 11.8. The number of methoxy groups -OCH3 is 1. The highest BCUT2D eigenvalue weighted by atomic mass is 79.9. The van der Waals surface area contributed by atoms with E-state index in [0.29, 0.717) is 12.3 Å². The summed E-state index contributed by atoms with van der Waals surface area (Å²) in [7, 11) is 3.37. The van der Waals surface area contributed by atoms with Gasteiger partial charge in [-0.2, -0.15) is 0 Å². The molecule has 1 heterocycles. The Bertz CT molecular complexity index is 1290. The van der Waals surface area contributed by atoms with Crippen molar-refractivity contribution < 1.29 is 14.3 Å². The van der Waals surface area contributed by atoms with Gasteiger partial charge in [0.25, 0.3) is 5.91 Å². The van der Waals surface area contributed by atoms with Crippen LogP contribution in [0.15, 0.2) is 64.0 Å². The van der Waals surface area contributed by atoms with E-state index in [1.54, 1.807) is 37.7 Å². The molecular weight excluding hydrogens is 562 g/mol. The monoisotopic (exact) mass is 591 g/mol. The van der Waals surface area contributed by atoms with Crippen molar-refractivity contribution in [2.45, 2.75) is 49.0 Å². The van der Waals surface area contributed by atoms with Crippen LogP contribution in [0.5, 0.6) is 5.75 Å². The number of benzene rings is 3. The third kappa shape index (κ3) is 5.52. The summed E-state index contributed by atoms with van der Waals surface area (Å²) in [4.78, 5) is 29.8. The first kappa shape index (κ1) is 28.3. The third-order valence-corrected chi connectivity index (χ3v) is 8.26. The number of thioether (sulfide) groups is 1. The van der Waals surface area contributed by atoms with Gasteiger partial charge in [0.1, 0.15) is 11.8 Å². The fourth-order valence-electron chi connectivity index (χ4n) is 4.34. The maximum absolute atomic E-state index is 14.2. The van der Waals surface area contributed by atoms with E-state index in [1.165, 1.54) is 0 Å². The Kier molecular flexibility index (Phi) is 8.98. The molecule has 6 nitrogen and oxygen atoms in total. The van der Waals surface area contributed by atoms with Gasteiger partial charge in [0.15, 0.2) is 0 Å². The van der Waals surface area contributed by atoms with E-state index in [9.17, 15) is 9.59 Å². The summed E-state index contributed by atoms with van der Waals surface area (Å²) in [6, 6.07) is 16.8. The number of nitrogens with zero attached hydrogens (tertiary/aromatic N) is 1. The summed E-state index contributed by atoms with van der Waals surface area (Å²) in [5.74, 6) is 0.351. The fourth-order valence-corrected chi connectivity index (χ4v) is 5.99. The molecule has 0 radical (unpaired) electrons. The van der Waals surface area contributed by atoms with Crippen molar-refractivity contribution in [3.8, 4) is 5.75 Å². The lowest BCUT2D eigenvalue weighted by Crippen LogP contribution is -2.58. The third-order valence-electron chi connectivity index (χ3n) is 6.44. The summed E-state index contributed by atoms with van der Waals surface area (Å²) < 4.78 is 6.14. The molecule has 0 bridgehead atoms. The zero-order chi connectivity index (χ0) is 25.3. The van der Waals surface area contributed by atoms with Crippen LogP contribution in [-0.2, 0) is 16.1 Å². The average Bonchev–Trinajstić information content (AvgIpc) is 2.91. The van der Waals surface area contributed by atoms with Crippen LogP contribution in [0, 0.1) is 0 Å². The molecule has 0 aliphatic carbocycles. The van der Waals surface area contributed by atoms with Crippen LogP contribution in [0.2, 0.25) is 0 Å². The molecule has 9 heteroatoms. The van der Waals surface area contributed by atoms with Crippen LogP contribution in [0.4, 0.5) is 5.69 Å². The highest BCUT2D eigenvalue weighted by Gasteiger charge is 2.44. The zero-order valence-corrected chi connectivity index (χ0v) is 24.1. The molecule has 3 aromatic carbocycles. The molecule has 1 aliphatic rings. The van der Waals surface area contributed by atoms with Crippen LogP contribution in [0.1, 0.15) is 26.3 Å². The largest absolute Gasteiger partial charge is 0.496 e. The average molecular weight is 593 g/mol. The van der Waals surface area contributed by atoms with E-state index in [2.05, 4.69) is 32.6 Å². The lowest BCUT2D eigenvalue weighted by molar-refractivity contribution is -0.129. The summed E-state index contributed by atoms with van der Waals surface area (Å²) >= 11 is 5.15. The molecule has 2 N–H and O–H groups in total. The van der Waals surface area contributed by atoms with Crippen LogP contribution in [0.3, 0.4) is 0 Å². The van der Waals surface area contributed by atoms with Gasteiger partial charge in [-0.15, -0.1) is 24.2 Å². The number of carbonyl (C=O) groups excluding carboxylic acids is 2. The Morgan fingerprint density at radius 3 is 2.61 bits per heavy atom.